The number of aromatic nitrogens is 1. The molecular formula is C28H39NO4S2. The van der Waals surface area contributed by atoms with Gasteiger partial charge in [0.25, 0.3) is 0 Å². The number of thioether (sulfide) groups is 1. The van der Waals surface area contributed by atoms with Crippen molar-refractivity contribution in [2.75, 3.05) is 0 Å². The highest BCUT2D eigenvalue weighted by atomic mass is 32.2. The Balaban J connectivity index is 1.85. The molecule has 2 unspecified atom stereocenters. The lowest BCUT2D eigenvalue weighted by Crippen LogP contribution is -2.52. The van der Waals surface area contributed by atoms with E-state index < -0.39 is 16.8 Å². The third-order valence-electron chi connectivity index (χ3n) is 6.98. The number of thiazole rings is 1. The summed E-state index contributed by atoms with van der Waals surface area (Å²) in [6, 6.07) is 3.98. The number of benzene rings is 1. The number of rotatable bonds is 8. The molecule has 1 aliphatic rings. The van der Waals surface area contributed by atoms with Crippen molar-refractivity contribution in [2.24, 2.45) is 5.92 Å². The van der Waals surface area contributed by atoms with E-state index in [-0.39, 0.29) is 30.1 Å². The fraction of sp³-hybridized carbons (Fsp3) is 0.607. The highest BCUT2D eigenvalue weighted by molar-refractivity contribution is 8.01. The number of esters is 1. The number of cyclic esters (lactones) is 1. The van der Waals surface area contributed by atoms with Crippen molar-refractivity contribution in [2.45, 2.75) is 108 Å². The summed E-state index contributed by atoms with van der Waals surface area (Å²) in [6.07, 6.45) is 1.48. The lowest BCUT2D eigenvalue weighted by molar-refractivity contribution is -0.176. The van der Waals surface area contributed by atoms with Crippen LogP contribution in [-0.2, 0) is 32.8 Å². The zero-order valence-corrected chi connectivity index (χ0v) is 23.9. The maximum atomic E-state index is 13.5. The number of hydrogen-bond donors (Lipinski definition) is 1. The average molecular weight is 518 g/mol. The second-order valence-corrected chi connectivity index (χ2v) is 13.3. The Kier molecular flexibility index (Phi) is 8.55. The van der Waals surface area contributed by atoms with Gasteiger partial charge in [-0.2, -0.15) is 0 Å². The van der Waals surface area contributed by atoms with Gasteiger partial charge < -0.3 is 9.84 Å². The smallest absolute Gasteiger partial charge is 0.327 e. The molecule has 1 fully saturated rings. The van der Waals surface area contributed by atoms with Crippen molar-refractivity contribution in [3.63, 3.8) is 0 Å². The van der Waals surface area contributed by atoms with Gasteiger partial charge in [0.1, 0.15) is 5.60 Å². The lowest BCUT2D eigenvalue weighted by Gasteiger charge is -2.41. The fourth-order valence-corrected chi connectivity index (χ4v) is 6.85. The van der Waals surface area contributed by atoms with E-state index in [9.17, 15) is 14.7 Å². The van der Waals surface area contributed by atoms with Gasteiger partial charge in [0.05, 0.1) is 17.8 Å². The predicted molar refractivity (Wildman–Crippen MR) is 143 cm³/mol. The molecule has 0 spiro atoms. The minimum Gasteiger partial charge on any atom is -0.457 e. The number of carbonyl (C=O) groups is 2. The molecule has 1 N–H and O–H groups in total. The summed E-state index contributed by atoms with van der Waals surface area (Å²) in [5.41, 5.74) is 4.72. The number of aryl methyl sites for hydroxylation is 2. The molecular weight excluding hydrogens is 478 g/mol. The summed E-state index contributed by atoms with van der Waals surface area (Å²) in [5.74, 6) is -0.127. The Hall–Kier alpha value is -1.70. The Labute approximate surface area is 218 Å². The highest BCUT2D eigenvalue weighted by Crippen LogP contribution is 2.43. The summed E-state index contributed by atoms with van der Waals surface area (Å²) < 4.78 is 6.14. The molecule has 2 atom stereocenters. The second-order valence-electron chi connectivity index (χ2n) is 11.3. The van der Waals surface area contributed by atoms with Crippen molar-refractivity contribution in [3.8, 4) is 0 Å². The molecule has 0 bridgehead atoms. The molecule has 35 heavy (non-hydrogen) atoms. The molecule has 192 valence electrons. The van der Waals surface area contributed by atoms with E-state index >= 15 is 0 Å². The van der Waals surface area contributed by atoms with E-state index in [0.717, 1.165) is 27.3 Å². The minimum absolute atomic E-state index is 0.0127. The Bertz CT molecular complexity index is 1060. The summed E-state index contributed by atoms with van der Waals surface area (Å²) >= 11 is 2.94. The zero-order valence-electron chi connectivity index (χ0n) is 22.2. The number of aliphatic hydroxyl groups is 1. The van der Waals surface area contributed by atoms with Crippen LogP contribution in [0.3, 0.4) is 0 Å². The molecule has 3 rings (SSSR count). The largest absolute Gasteiger partial charge is 0.457 e. The van der Waals surface area contributed by atoms with Gasteiger partial charge in [-0.1, -0.05) is 54.5 Å². The fourth-order valence-electron chi connectivity index (χ4n) is 4.65. The van der Waals surface area contributed by atoms with E-state index in [4.69, 9.17) is 4.74 Å². The van der Waals surface area contributed by atoms with Gasteiger partial charge in [0.2, 0.25) is 0 Å². The Morgan fingerprint density at radius 1 is 1.23 bits per heavy atom. The average Bonchev–Trinajstić information content (AvgIpc) is 3.23. The molecule has 2 heterocycles. The van der Waals surface area contributed by atoms with Crippen LogP contribution in [0, 0.1) is 12.8 Å². The molecule has 1 aromatic carbocycles. The molecule has 7 heteroatoms. The number of carbonyl (C=O) groups excluding carboxylic acids is 2. The molecule has 0 aliphatic carbocycles. The van der Waals surface area contributed by atoms with E-state index in [2.05, 4.69) is 39.6 Å². The van der Waals surface area contributed by atoms with Crippen LogP contribution >= 0.6 is 23.1 Å². The number of aliphatic hydroxyl groups excluding tert-OH is 1. The summed E-state index contributed by atoms with van der Waals surface area (Å²) in [4.78, 5) is 33.5. The summed E-state index contributed by atoms with van der Waals surface area (Å²) in [6.45, 7) is 16.5. The van der Waals surface area contributed by atoms with E-state index in [0.29, 0.717) is 18.8 Å². The monoisotopic (exact) mass is 517 g/mol. The first kappa shape index (κ1) is 27.9. The van der Waals surface area contributed by atoms with Gasteiger partial charge >= 0.3 is 5.97 Å². The van der Waals surface area contributed by atoms with Gasteiger partial charge in [0.15, 0.2) is 11.0 Å². The minimum atomic E-state index is -0.882. The molecule has 2 aromatic rings. The van der Waals surface area contributed by atoms with Crippen molar-refractivity contribution >= 4 is 34.9 Å². The first-order valence-electron chi connectivity index (χ1n) is 12.4. The number of ether oxygens (including phenoxy) is 1. The van der Waals surface area contributed by atoms with E-state index in [1.54, 1.807) is 11.3 Å². The van der Waals surface area contributed by atoms with Crippen LogP contribution < -0.4 is 0 Å². The van der Waals surface area contributed by atoms with Crippen LogP contribution in [0.15, 0.2) is 22.5 Å². The Morgan fingerprint density at radius 2 is 1.91 bits per heavy atom. The number of nitrogens with zero attached hydrogens (tertiary/aromatic N) is 1. The quantitative estimate of drug-likeness (QED) is 0.324. The molecule has 1 saturated heterocycles. The zero-order chi connectivity index (χ0) is 26.1. The molecule has 0 amide bonds. The van der Waals surface area contributed by atoms with Crippen LogP contribution in [0.25, 0.3) is 0 Å². The third kappa shape index (κ3) is 6.00. The Morgan fingerprint density at radius 3 is 2.46 bits per heavy atom. The number of hydrogen-bond acceptors (Lipinski definition) is 7. The lowest BCUT2D eigenvalue weighted by atomic mass is 9.78. The van der Waals surface area contributed by atoms with Crippen molar-refractivity contribution in [1.82, 2.24) is 4.98 Å². The van der Waals surface area contributed by atoms with E-state index in [1.807, 2.05) is 38.4 Å². The number of ketones is 1. The highest BCUT2D eigenvalue weighted by Gasteiger charge is 2.49. The summed E-state index contributed by atoms with van der Waals surface area (Å²) in [5, 5.41) is 8.86. The molecule has 0 saturated carbocycles. The topological polar surface area (TPSA) is 76.5 Å². The maximum Gasteiger partial charge on any atom is 0.327 e. The van der Waals surface area contributed by atoms with Crippen LogP contribution in [0.4, 0.5) is 0 Å². The van der Waals surface area contributed by atoms with Gasteiger partial charge in [0, 0.05) is 16.2 Å². The standard InChI is InChI=1S/C28H39NO4S2/c1-16(2)24-21(29-15-34-24)9-10-28(17(3)4)13-22(31)25(26(32)33-28)35-23-11-18(5)19(14-30)12-20(23)27(6,7)8/h11-12,15-17,25,30H,9-10,13-14H2,1-8H3. The second kappa shape index (κ2) is 10.7. The first-order chi connectivity index (χ1) is 16.3. The third-order valence-corrected chi connectivity index (χ3v) is 9.43. The van der Waals surface area contributed by atoms with E-state index in [1.165, 1.54) is 16.6 Å². The van der Waals surface area contributed by atoms with Crippen LogP contribution in [0.1, 0.15) is 94.5 Å². The molecule has 1 aromatic heterocycles. The summed E-state index contributed by atoms with van der Waals surface area (Å²) in [7, 11) is 0. The van der Waals surface area contributed by atoms with Gasteiger partial charge in [-0.05, 0) is 59.8 Å². The van der Waals surface area contributed by atoms with Crippen LogP contribution in [0.5, 0.6) is 0 Å². The normalized spacial score (nSPS) is 21.2. The van der Waals surface area contributed by atoms with Gasteiger partial charge in [-0.3, -0.25) is 9.59 Å². The predicted octanol–water partition coefficient (Wildman–Crippen LogP) is 6.37. The van der Waals surface area contributed by atoms with Crippen LogP contribution in [-0.4, -0.2) is 32.7 Å². The molecule has 0 radical (unpaired) electrons. The van der Waals surface area contributed by atoms with Gasteiger partial charge in [-0.15, -0.1) is 23.1 Å². The number of Topliss-reactive ketones (excluding diaryl/α,β-unsaturated/α-hetero) is 1. The van der Waals surface area contributed by atoms with Crippen molar-refractivity contribution < 1.29 is 19.4 Å². The van der Waals surface area contributed by atoms with Crippen molar-refractivity contribution in [1.29, 1.82) is 0 Å². The van der Waals surface area contributed by atoms with Crippen molar-refractivity contribution in [3.05, 3.63) is 44.9 Å². The SMILES string of the molecule is Cc1cc(SC2C(=O)CC(CCc3ncsc3C(C)C)(C(C)C)OC2=O)c(C(C)(C)C)cc1CO. The first-order valence-corrected chi connectivity index (χ1v) is 14.1. The maximum absolute atomic E-state index is 13.5. The van der Waals surface area contributed by atoms with Crippen LogP contribution in [0.2, 0.25) is 0 Å². The molecule has 1 aliphatic heterocycles. The van der Waals surface area contributed by atoms with Gasteiger partial charge in [-0.25, -0.2) is 4.98 Å². The molecule has 5 nitrogen and oxygen atoms in total.